The van der Waals surface area contributed by atoms with Gasteiger partial charge in [0.1, 0.15) is 0 Å². The molecule has 24 heavy (non-hydrogen) atoms. The van der Waals surface area contributed by atoms with Crippen LogP contribution < -0.4 is 5.32 Å². The molecule has 2 N–H and O–H groups in total. The minimum Gasteiger partial charge on any atom is -0.359 e. The van der Waals surface area contributed by atoms with Gasteiger partial charge in [-0.2, -0.15) is 8.42 Å². The van der Waals surface area contributed by atoms with E-state index < -0.39 is 10.1 Å². The van der Waals surface area contributed by atoms with Crippen molar-refractivity contribution in [2.75, 3.05) is 11.9 Å². The first-order valence-corrected chi connectivity index (χ1v) is 9.02. The van der Waals surface area contributed by atoms with Gasteiger partial charge in [-0.1, -0.05) is 0 Å². The van der Waals surface area contributed by atoms with Crippen molar-refractivity contribution in [1.29, 1.82) is 0 Å². The topological polar surface area (TPSA) is 88.3 Å². The zero-order chi connectivity index (χ0) is 17.1. The first-order chi connectivity index (χ1) is 11.4. The predicted octanol–water partition coefficient (Wildman–Crippen LogP) is 2.39. The van der Waals surface area contributed by atoms with Gasteiger partial charge in [0.05, 0.1) is 17.1 Å². The van der Waals surface area contributed by atoms with Gasteiger partial charge in [0.2, 0.25) is 0 Å². The SMILES string of the molecule is Cc1cc(C)c(/C=C2\C(=O)Nc3ccc4c(c32)CCOS4(=O)=O)[nH]1. The summed E-state index contributed by atoms with van der Waals surface area (Å²) in [5.41, 5.74) is 5.30. The van der Waals surface area contributed by atoms with Crippen LogP contribution in [-0.2, 0) is 25.5 Å². The fourth-order valence-corrected chi connectivity index (χ4v) is 4.49. The van der Waals surface area contributed by atoms with E-state index in [1.54, 1.807) is 12.1 Å². The Bertz CT molecular complexity index is 1020. The molecule has 2 aliphatic heterocycles. The molecular formula is C17H16N2O4S. The van der Waals surface area contributed by atoms with Gasteiger partial charge in [0.25, 0.3) is 16.0 Å². The molecular weight excluding hydrogens is 328 g/mol. The molecule has 2 aliphatic rings. The van der Waals surface area contributed by atoms with Gasteiger partial charge in [-0.15, -0.1) is 0 Å². The lowest BCUT2D eigenvalue weighted by Gasteiger charge is -2.19. The summed E-state index contributed by atoms with van der Waals surface area (Å²) in [6.45, 7) is 4.00. The number of carbonyl (C=O) groups is 1. The lowest BCUT2D eigenvalue weighted by atomic mass is 9.97. The molecule has 1 aromatic heterocycles. The molecule has 7 heteroatoms. The third kappa shape index (κ3) is 2.20. The Morgan fingerprint density at radius 2 is 2.04 bits per heavy atom. The van der Waals surface area contributed by atoms with Crippen molar-refractivity contribution in [3.05, 3.63) is 46.3 Å². The average Bonchev–Trinajstić information content (AvgIpc) is 2.99. The quantitative estimate of drug-likeness (QED) is 0.614. The van der Waals surface area contributed by atoms with Gasteiger partial charge >= 0.3 is 0 Å². The van der Waals surface area contributed by atoms with Gasteiger partial charge in [-0.25, -0.2) is 0 Å². The van der Waals surface area contributed by atoms with Crippen LogP contribution in [0.3, 0.4) is 0 Å². The van der Waals surface area contributed by atoms with Crippen LogP contribution in [0.4, 0.5) is 5.69 Å². The fourth-order valence-electron chi connectivity index (χ4n) is 3.32. The molecule has 0 atom stereocenters. The van der Waals surface area contributed by atoms with E-state index in [2.05, 4.69) is 10.3 Å². The number of carbonyl (C=O) groups excluding carboxylic acids is 1. The number of aromatic amines is 1. The number of H-pyrrole nitrogens is 1. The lowest BCUT2D eigenvalue weighted by molar-refractivity contribution is -0.110. The minimum atomic E-state index is -3.76. The average molecular weight is 344 g/mol. The summed E-state index contributed by atoms with van der Waals surface area (Å²) in [4.78, 5) is 15.8. The van der Waals surface area contributed by atoms with Gasteiger partial charge in [-0.05, 0) is 55.7 Å². The molecule has 0 bridgehead atoms. The van der Waals surface area contributed by atoms with E-state index in [0.29, 0.717) is 28.8 Å². The maximum atomic E-state index is 12.4. The molecule has 0 radical (unpaired) electrons. The summed E-state index contributed by atoms with van der Waals surface area (Å²) in [6, 6.07) is 5.11. The molecule has 1 aromatic carbocycles. The Balaban J connectivity index is 1.96. The highest BCUT2D eigenvalue weighted by atomic mass is 32.2. The fraction of sp³-hybridized carbons (Fsp3) is 0.235. The van der Waals surface area contributed by atoms with Crippen molar-refractivity contribution in [1.82, 2.24) is 4.98 Å². The summed E-state index contributed by atoms with van der Waals surface area (Å²) in [5.74, 6) is -0.228. The van der Waals surface area contributed by atoms with E-state index in [1.165, 1.54) is 6.07 Å². The predicted molar refractivity (Wildman–Crippen MR) is 90.1 cm³/mol. The second-order valence-corrected chi connectivity index (χ2v) is 7.64. The summed E-state index contributed by atoms with van der Waals surface area (Å²) in [5, 5.41) is 2.81. The van der Waals surface area contributed by atoms with Gasteiger partial charge < -0.3 is 10.3 Å². The number of rotatable bonds is 1. The standard InChI is InChI=1S/C17H16N2O4S/c1-9-7-10(2)18-14(9)8-12-16-11-5-6-23-24(21,22)15(11)4-3-13(16)19-17(12)20/h3-4,7-8,18H,5-6H2,1-2H3,(H,19,20)/b12-8-. The lowest BCUT2D eigenvalue weighted by Crippen LogP contribution is -2.19. The number of benzene rings is 1. The molecule has 0 saturated heterocycles. The molecule has 4 rings (SSSR count). The molecule has 0 saturated carbocycles. The zero-order valence-corrected chi connectivity index (χ0v) is 14.1. The smallest absolute Gasteiger partial charge is 0.297 e. The van der Waals surface area contributed by atoms with E-state index in [1.807, 2.05) is 19.9 Å². The normalized spacial score (nSPS) is 19.9. The summed E-state index contributed by atoms with van der Waals surface area (Å²) in [7, 11) is -3.76. The van der Waals surface area contributed by atoms with Crippen LogP contribution in [-0.4, -0.2) is 25.9 Å². The molecule has 0 fully saturated rings. The van der Waals surface area contributed by atoms with Crippen molar-refractivity contribution in [2.24, 2.45) is 0 Å². The molecule has 124 valence electrons. The van der Waals surface area contributed by atoms with E-state index in [4.69, 9.17) is 4.18 Å². The molecule has 6 nitrogen and oxygen atoms in total. The molecule has 0 unspecified atom stereocenters. The number of hydrogen-bond acceptors (Lipinski definition) is 4. The Morgan fingerprint density at radius 3 is 2.75 bits per heavy atom. The first kappa shape index (κ1) is 15.2. The molecule has 1 amide bonds. The van der Waals surface area contributed by atoms with Gasteiger partial charge in [0.15, 0.2) is 0 Å². The number of hydrogen-bond donors (Lipinski definition) is 2. The van der Waals surface area contributed by atoms with Crippen LogP contribution in [0.15, 0.2) is 23.1 Å². The van der Waals surface area contributed by atoms with E-state index in [9.17, 15) is 13.2 Å². The van der Waals surface area contributed by atoms with Crippen molar-refractivity contribution < 1.29 is 17.4 Å². The Hall–Kier alpha value is -2.38. The third-order valence-electron chi connectivity index (χ3n) is 4.37. The number of fused-ring (bicyclic) bond motifs is 3. The van der Waals surface area contributed by atoms with Crippen LogP contribution >= 0.6 is 0 Å². The number of anilines is 1. The largest absolute Gasteiger partial charge is 0.359 e. The van der Waals surface area contributed by atoms with Crippen LogP contribution in [0.1, 0.15) is 28.1 Å². The number of nitrogens with one attached hydrogen (secondary N) is 2. The van der Waals surface area contributed by atoms with Crippen LogP contribution in [0.5, 0.6) is 0 Å². The van der Waals surface area contributed by atoms with Crippen LogP contribution in [0.25, 0.3) is 11.6 Å². The Labute approximate surface area is 139 Å². The summed E-state index contributed by atoms with van der Waals surface area (Å²) < 4.78 is 29.1. The van der Waals surface area contributed by atoms with E-state index in [0.717, 1.165) is 17.0 Å². The van der Waals surface area contributed by atoms with Gasteiger partial charge in [-0.3, -0.25) is 8.98 Å². The van der Waals surface area contributed by atoms with E-state index in [-0.39, 0.29) is 17.4 Å². The zero-order valence-electron chi connectivity index (χ0n) is 13.3. The van der Waals surface area contributed by atoms with Crippen LogP contribution in [0, 0.1) is 13.8 Å². The number of aromatic nitrogens is 1. The first-order valence-electron chi connectivity index (χ1n) is 7.62. The number of aryl methyl sites for hydroxylation is 2. The highest BCUT2D eigenvalue weighted by Crippen LogP contribution is 2.40. The third-order valence-corrected chi connectivity index (χ3v) is 5.77. The Kier molecular flexibility index (Phi) is 3.20. The highest BCUT2D eigenvalue weighted by Gasteiger charge is 2.34. The minimum absolute atomic E-state index is 0.0912. The number of amides is 1. The highest BCUT2D eigenvalue weighted by molar-refractivity contribution is 7.86. The maximum Gasteiger partial charge on any atom is 0.297 e. The second-order valence-electron chi connectivity index (χ2n) is 6.05. The van der Waals surface area contributed by atoms with Gasteiger partial charge in [0, 0.05) is 22.6 Å². The molecule has 0 aliphatic carbocycles. The molecule has 3 heterocycles. The molecule has 0 spiro atoms. The second kappa shape index (κ2) is 5.06. The monoisotopic (exact) mass is 344 g/mol. The van der Waals surface area contributed by atoms with Crippen molar-refractivity contribution in [3.63, 3.8) is 0 Å². The van der Waals surface area contributed by atoms with Crippen molar-refractivity contribution in [3.8, 4) is 0 Å². The van der Waals surface area contributed by atoms with Crippen molar-refractivity contribution >= 4 is 33.4 Å². The van der Waals surface area contributed by atoms with E-state index >= 15 is 0 Å². The van der Waals surface area contributed by atoms with Crippen LogP contribution in [0.2, 0.25) is 0 Å². The van der Waals surface area contributed by atoms with Crippen molar-refractivity contribution in [2.45, 2.75) is 25.2 Å². The summed E-state index contributed by atoms with van der Waals surface area (Å²) in [6.07, 6.45) is 2.23. The maximum absolute atomic E-state index is 12.4. The molecule has 2 aromatic rings. The Morgan fingerprint density at radius 1 is 1.25 bits per heavy atom. The summed E-state index contributed by atoms with van der Waals surface area (Å²) >= 11 is 0.